The van der Waals surface area contributed by atoms with Gasteiger partial charge in [0.1, 0.15) is 0 Å². The number of thiazole rings is 1. The highest BCUT2D eigenvalue weighted by Crippen LogP contribution is 2.32. The Morgan fingerprint density at radius 2 is 2.10 bits per heavy atom. The van der Waals surface area contributed by atoms with Gasteiger partial charge in [-0.05, 0) is 31.2 Å². The van der Waals surface area contributed by atoms with Gasteiger partial charge in [-0.3, -0.25) is 4.79 Å². The highest BCUT2D eigenvalue weighted by molar-refractivity contribution is 7.17. The quantitative estimate of drug-likeness (QED) is 0.388. The molecule has 2 heterocycles. The lowest BCUT2D eigenvalue weighted by atomic mass is 10.2. The van der Waals surface area contributed by atoms with Gasteiger partial charge in [-0.1, -0.05) is 52.6 Å². The summed E-state index contributed by atoms with van der Waals surface area (Å²) in [6.45, 7) is 2.56. The van der Waals surface area contributed by atoms with E-state index in [1.807, 2.05) is 19.1 Å². The molecular weight excluding hydrogens is 431 g/mol. The van der Waals surface area contributed by atoms with Crippen LogP contribution in [-0.2, 0) is 6.54 Å². The van der Waals surface area contributed by atoms with E-state index < -0.39 is 5.91 Å². The summed E-state index contributed by atoms with van der Waals surface area (Å²) in [6, 6.07) is 10.5. The van der Waals surface area contributed by atoms with Crippen LogP contribution in [0.15, 0.2) is 45.8 Å². The van der Waals surface area contributed by atoms with Gasteiger partial charge in [0.05, 0.1) is 33.4 Å². The predicted octanol–water partition coefficient (Wildman–Crippen LogP) is 5.53. The number of nitrogens with zero attached hydrogens (tertiary/aromatic N) is 2. The number of rotatable bonds is 4. The van der Waals surface area contributed by atoms with E-state index in [4.69, 9.17) is 38.8 Å². The molecule has 0 radical (unpaired) electrons. The molecule has 0 fully saturated rings. The highest BCUT2D eigenvalue weighted by atomic mass is 35.5. The minimum atomic E-state index is -0.534. The number of terminal acetylenes is 1. The van der Waals surface area contributed by atoms with Crippen molar-refractivity contribution in [2.45, 2.75) is 13.5 Å². The standard InChI is InChI=1S/C21H14Cl2N2O3S/c1-3-10-25-17-13(22)8-9-14(23)19(17)29-21(25)24-20(26)16-11-12-6-5-7-15(27-4-2)18(12)28-16/h1,5-9,11H,4,10H2,2H3. The number of aromatic nitrogens is 1. The minimum absolute atomic E-state index is 0.106. The molecule has 2 aromatic heterocycles. The number of ether oxygens (including phenoxy) is 1. The lowest BCUT2D eigenvalue weighted by molar-refractivity contribution is 0.0973. The zero-order valence-corrected chi connectivity index (χ0v) is 17.6. The van der Waals surface area contributed by atoms with Gasteiger partial charge in [-0.15, -0.1) is 6.42 Å². The molecule has 8 heteroatoms. The molecule has 0 aliphatic heterocycles. The van der Waals surface area contributed by atoms with Crippen molar-refractivity contribution in [2.24, 2.45) is 4.99 Å². The number of halogens is 2. The van der Waals surface area contributed by atoms with Crippen molar-refractivity contribution in [1.29, 1.82) is 0 Å². The molecule has 4 aromatic rings. The van der Waals surface area contributed by atoms with Crippen LogP contribution in [0.2, 0.25) is 10.0 Å². The van der Waals surface area contributed by atoms with E-state index in [0.29, 0.717) is 43.0 Å². The van der Waals surface area contributed by atoms with Gasteiger partial charge in [-0.2, -0.15) is 4.99 Å². The number of furan rings is 1. The third-order valence-corrected chi connectivity index (χ3v) is 6.04. The first kappa shape index (κ1) is 19.6. The van der Waals surface area contributed by atoms with Crippen molar-refractivity contribution in [1.82, 2.24) is 4.57 Å². The van der Waals surface area contributed by atoms with E-state index in [1.54, 1.807) is 28.8 Å². The fraction of sp³-hybridized carbons (Fsp3) is 0.143. The first-order valence-corrected chi connectivity index (χ1v) is 10.3. The van der Waals surface area contributed by atoms with Gasteiger partial charge >= 0.3 is 5.91 Å². The second kappa shape index (κ2) is 7.96. The predicted molar refractivity (Wildman–Crippen MR) is 116 cm³/mol. The van der Waals surface area contributed by atoms with Gasteiger partial charge in [0.15, 0.2) is 21.9 Å². The second-order valence-electron chi connectivity index (χ2n) is 6.02. The van der Waals surface area contributed by atoms with Crippen LogP contribution in [0.3, 0.4) is 0 Å². The van der Waals surface area contributed by atoms with Crippen LogP contribution in [0.1, 0.15) is 17.5 Å². The fourth-order valence-corrected chi connectivity index (χ4v) is 4.63. The zero-order chi connectivity index (χ0) is 20.5. The first-order chi connectivity index (χ1) is 14.0. The van der Waals surface area contributed by atoms with Crippen LogP contribution in [-0.4, -0.2) is 17.1 Å². The second-order valence-corrected chi connectivity index (χ2v) is 7.81. The molecule has 0 spiro atoms. The summed E-state index contributed by atoms with van der Waals surface area (Å²) in [4.78, 5) is 17.5. The highest BCUT2D eigenvalue weighted by Gasteiger charge is 2.17. The number of carbonyl (C=O) groups excluding carboxylic acids is 1. The zero-order valence-electron chi connectivity index (χ0n) is 15.2. The van der Waals surface area contributed by atoms with Crippen LogP contribution < -0.4 is 9.54 Å². The Balaban J connectivity index is 1.86. The number of amides is 1. The Labute approximate surface area is 180 Å². The van der Waals surface area contributed by atoms with Gasteiger partial charge < -0.3 is 13.7 Å². The average molecular weight is 445 g/mol. The SMILES string of the molecule is C#CCn1c(=NC(=O)c2cc3cccc(OCC)c3o2)sc2c(Cl)ccc(Cl)c21. The molecule has 0 unspecified atom stereocenters. The molecule has 146 valence electrons. The van der Waals surface area contributed by atoms with Gasteiger partial charge in [-0.25, -0.2) is 0 Å². The Hall–Kier alpha value is -2.72. The lowest BCUT2D eigenvalue weighted by Crippen LogP contribution is -2.16. The molecule has 2 aromatic carbocycles. The Morgan fingerprint density at radius 3 is 2.86 bits per heavy atom. The van der Waals surface area contributed by atoms with Crippen LogP contribution in [0.25, 0.3) is 21.2 Å². The summed E-state index contributed by atoms with van der Waals surface area (Å²) >= 11 is 13.9. The summed E-state index contributed by atoms with van der Waals surface area (Å²) in [5, 5.41) is 1.75. The van der Waals surface area contributed by atoms with E-state index in [0.717, 1.165) is 5.39 Å². The number of para-hydroxylation sites is 1. The molecule has 0 aliphatic rings. The maximum atomic E-state index is 12.8. The van der Waals surface area contributed by atoms with Crippen LogP contribution in [0.4, 0.5) is 0 Å². The van der Waals surface area contributed by atoms with Gasteiger partial charge in [0.2, 0.25) is 0 Å². The molecule has 0 N–H and O–H groups in total. The molecule has 4 rings (SSSR count). The lowest BCUT2D eigenvalue weighted by Gasteiger charge is -2.02. The monoisotopic (exact) mass is 444 g/mol. The number of carbonyl (C=O) groups is 1. The van der Waals surface area contributed by atoms with Crippen molar-refractivity contribution < 1.29 is 13.9 Å². The molecule has 0 bridgehead atoms. The summed E-state index contributed by atoms with van der Waals surface area (Å²) in [5.74, 6) is 2.71. The maximum absolute atomic E-state index is 12.8. The van der Waals surface area contributed by atoms with Crippen LogP contribution in [0.5, 0.6) is 5.75 Å². The third kappa shape index (κ3) is 3.53. The fourth-order valence-electron chi connectivity index (χ4n) is 2.99. The van der Waals surface area contributed by atoms with E-state index in [9.17, 15) is 4.79 Å². The Kier molecular flexibility index (Phi) is 5.37. The number of hydrogen-bond donors (Lipinski definition) is 0. The molecule has 0 aliphatic carbocycles. The molecule has 5 nitrogen and oxygen atoms in total. The van der Waals surface area contributed by atoms with Crippen molar-refractivity contribution in [2.75, 3.05) is 6.61 Å². The summed E-state index contributed by atoms with van der Waals surface area (Å²) < 4.78 is 13.7. The van der Waals surface area contributed by atoms with Gasteiger partial charge in [0.25, 0.3) is 0 Å². The topological polar surface area (TPSA) is 56.7 Å². The largest absolute Gasteiger partial charge is 0.490 e. The summed E-state index contributed by atoms with van der Waals surface area (Å²) in [5.41, 5.74) is 1.16. The number of fused-ring (bicyclic) bond motifs is 2. The molecule has 0 saturated heterocycles. The molecular formula is C21H14Cl2N2O3S. The molecule has 1 amide bonds. The molecule has 0 saturated carbocycles. The third-order valence-electron chi connectivity index (χ3n) is 4.19. The van der Waals surface area contributed by atoms with Crippen molar-refractivity contribution in [3.05, 3.63) is 57.0 Å². The normalized spacial score (nSPS) is 11.9. The average Bonchev–Trinajstić information content (AvgIpc) is 3.29. The van der Waals surface area contributed by atoms with Crippen LogP contribution in [0, 0.1) is 12.3 Å². The summed E-state index contributed by atoms with van der Waals surface area (Å²) in [7, 11) is 0. The van der Waals surface area contributed by atoms with Crippen molar-refractivity contribution in [3.63, 3.8) is 0 Å². The number of benzene rings is 2. The minimum Gasteiger partial charge on any atom is -0.490 e. The Morgan fingerprint density at radius 1 is 1.31 bits per heavy atom. The Bertz CT molecular complexity index is 1360. The van der Waals surface area contributed by atoms with Crippen molar-refractivity contribution in [3.8, 4) is 18.1 Å². The van der Waals surface area contributed by atoms with Crippen molar-refractivity contribution >= 4 is 61.6 Å². The van der Waals surface area contributed by atoms with Gasteiger partial charge in [0, 0.05) is 5.39 Å². The molecule has 29 heavy (non-hydrogen) atoms. The first-order valence-electron chi connectivity index (χ1n) is 8.68. The smallest absolute Gasteiger partial charge is 0.315 e. The molecule has 0 atom stereocenters. The van der Waals surface area contributed by atoms with Crippen LogP contribution >= 0.6 is 34.5 Å². The van der Waals surface area contributed by atoms with E-state index >= 15 is 0 Å². The summed E-state index contributed by atoms with van der Waals surface area (Å²) in [6.07, 6.45) is 5.50. The van der Waals surface area contributed by atoms with E-state index in [2.05, 4.69) is 10.9 Å². The van der Waals surface area contributed by atoms with E-state index in [-0.39, 0.29) is 12.3 Å². The number of hydrogen-bond acceptors (Lipinski definition) is 4. The maximum Gasteiger partial charge on any atom is 0.315 e. The van der Waals surface area contributed by atoms with E-state index in [1.165, 1.54) is 11.3 Å².